The number of rotatable bonds is 6. The predicted octanol–water partition coefficient (Wildman–Crippen LogP) is 8.75. The molecule has 18 heteroatoms. The highest BCUT2D eigenvalue weighted by Gasteiger charge is 2.47. The molecule has 2 aromatic carbocycles. The minimum atomic E-state index is -1.35. The SMILES string of the molecule is CN(C)C(=O)n1cc2c(n1)CCCN(c1nc(OCC34CCCN3C/C(=C\F)C4)nc3c(F)c(-c4ccc(F)c5sc(N(C(=O)O)C(C)(C)C)c(C#N)c45)c(Cl)cc13)C2. The Morgan fingerprint density at radius 2 is 1.95 bits per heavy atom. The van der Waals surface area contributed by atoms with E-state index in [0.29, 0.717) is 50.1 Å². The van der Waals surface area contributed by atoms with Crippen LogP contribution in [0.2, 0.25) is 5.02 Å². The number of hydrogen-bond donors (Lipinski definition) is 1. The molecule has 3 aliphatic rings. The number of carbonyl (C=O) groups is 2. The minimum absolute atomic E-state index is 0.0108. The number of ether oxygens (including phenoxy) is 1. The maximum atomic E-state index is 17.6. The normalized spacial score (nSPS) is 18.9. The van der Waals surface area contributed by atoms with E-state index in [2.05, 4.69) is 21.1 Å². The van der Waals surface area contributed by atoms with Gasteiger partial charge < -0.3 is 19.6 Å². The molecule has 8 rings (SSSR count). The highest BCUT2D eigenvalue weighted by Crippen LogP contribution is 2.49. The van der Waals surface area contributed by atoms with Crippen LogP contribution in [0.25, 0.3) is 32.1 Å². The Bertz CT molecular complexity index is 2630. The fourth-order valence-corrected chi connectivity index (χ4v) is 10.3. The van der Waals surface area contributed by atoms with E-state index in [1.54, 1.807) is 41.1 Å². The third-order valence-corrected chi connectivity index (χ3v) is 12.8. The molecule has 308 valence electrons. The van der Waals surface area contributed by atoms with E-state index in [4.69, 9.17) is 21.3 Å². The molecule has 1 unspecified atom stereocenters. The summed E-state index contributed by atoms with van der Waals surface area (Å²) in [7, 11) is 3.28. The molecule has 6 heterocycles. The quantitative estimate of drug-likeness (QED) is 0.176. The Morgan fingerprint density at radius 3 is 2.64 bits per heavy atom. The Morgan fingerprint density at radius 1 is 1.17 bits per heavy atom. The molecule has 5 aromatic rings. The first-order valence-electron chi connectivity index (χ1n) is 19.1. The van der Waals surface area contributed by atoms with Gasteiger partial charge in [0.1, 0.15) is 34.8 Å². The Labute approximate surface area is 346 Å². The molecule has 1 N–H and O–H groups in total. The van der Waals surface area contributed by atoms with Gasteiger partial charge in [-0.2, -0.15) is 25.0 Å². The van der Waals surface area contributed by atoms with E-state index in [9.17, 15) is 24.3 Å². The van der Waals surface area contributed by atoms with Crippen molar-refractivity contribution < 1.29 is 32.6 Å². The number of fused-ring (bicyclic) bond motifs is 4. The van der Waals surface area contributed by atoms with Crippen LogP contribution >= 0.6 is 22.9 Å². The van der Waals surface area contributed by atoms with Gasteiger partial charge in [-0.1, -0.05) is 17.7 Å². The van der Waals surface area contributed by atoms with Crippen LogP contribution in [-0.2, 0) is 13.0 Å². The molecule has 0 radical (unpaired) electrons. The van der Waals surface area contributed by atoms with Crippen molar-refractivity contribution in [3.63, 3.8) is 0 Å². The Balaban J connectivity index is 1.30. The molecule has 0 aliphatic carbocycles. The lowest BCUT2D eigenvalue weighted by Crippen LogP contribution is -2.45. The summed E-state index contributed by atoms with van der Waals surface area (Å²) in [5.41, 5.74) is 0.297. The number of halogens is 4. The second-order valence-corrected chi connectivity index (χ2v) is 17.9. The summed E-state index contributed by atoms with van der Waals surface area (Å²) in [6, 6.07) is 5.60. The smallest absolute Gasteiger partial charge is 0.412 e. The lowest BCUT2D eigenvalue weighted by molar-refractivity contribution is 0.108. The fraction of sp³-hybridized carbons (Fsp3) is 0.415. The van der Waals surface area contributed by atoms with Gasteiger partial charge in [0.05, 0.1) is 32.8 Å². The van der Waals surface area contributed by atoms with Gasteiger partial charge in [0, 0.05) is 67.4 Å². The van der Waals surface area contributed by atoms with Gasteiger partial charge in [-0.05, 0) is 82.7 Å². The number of amides is 2. The molecular weight excluding hydrogens is 807 g/mol. The van der Waals surface area contributed by atoms with Crippen LogP contribution < -0.4 is 14.5 Å². The van der Waals surface area contributed by atoms with E-state index < -0.39 is 28.8 Å². The topological polar surface area (TPSA) is 144 Å². The first kappa shape index (κ1) is 40.3. The molecule has 0 spiro atoms. The summed E-state index contributed by atoms with van der Waals surface area (Å²) in [6.07, 6.45) is 4.33. The second-order valence-electron chi connectivity index (χ2n) is 16.5. The zero-order valence-corrected chi connectivity index (χ0v) is 34.6. The lowest BCUT2D eigenvalue weighted by atomic mass is 9.94. The zero-order chi connectivity index (χ0) is 42.1. The summed E-state index contributed by atoms with van der Waals surface area (Å²) < 4.78 is 54.6. The highest BCUT2D eigenvalue weighted by atomic mass is 35.5. The van der Waals surface area contributed by atoms with Crippen molar-refractivity contribution in [1.82, 2.24) is 29.5 Å². The van der Waals surface area contributed by atoms with Crippen molar-refractivity contribution in [2.24, 2.45) is 0 Å². The average molecular weight is 848 g/mol. The van der Waals surface area contributed by atoms with Crippen molar-refractivity contribution in [3.05, 3.63) is 69.8 Å². The van der Waals surface area contributed by atoms with Crippen LogP contribution in [0.4, 0.5) is 33.6 Å². The Hall–Kier alpha value is -5.44. The predicted molar refractivity (Wildman–Crippen MR) is 219 cm³/mol. The van der Waals surface area contributed by atoms with Gasteiger partial charge in [-0.15, -0.1) is 11.3 Å². The van der Waals surface area contributed by atoms with Crippen LogP contribution in [-0.4, -0.2) is 98.2 Å². The maximum Gasteiger partial charge on any atom is 0.412 e. The number of nitrogens with zero attached hydrogens (tertiary/aromatic N) is 9. The molecular formula is C41H41ClF3N9O4S. The molecule has 2 amide bonds. The van der Waals surface area contributed by atoms with Gasteiger partial charge in [0.2, 0.25) is 0 Å². The van der Waals surface area contributed by atoms with Crippen LogP contribution in [0.3, 0.4) is 0 Å². The molecule has 2 fully saturated rings. The van der Waals surface area contributed by atoms with E-state index in [1.165, 1.54) is 21.7 Å². The summed E-state index contributed by atoms with van der Waals surface area (Å²) in [5, 5.41) is 25.4. The number of thiophene rings is 1. The standard InChI is InChI=1S/C41H41ClF3N9O4S/c1-40(2,3)54(39(56)57)36-26(17-46)30-24(9-10-28(44)34(30)59-36)31-27(42)14-25-33(32(31)45)47-37(58-21-41-11-7-13-52(41)18-22(15-41)16-43)48-35(25)51-12-6-8-29-23(19-51)20-53(49-29)38(55)50(4)5/h9-10,14,16,20H,6-8,11-13,15,18-19,21H2,1-5H3,(H,56,57)/b22-16-. The zero-order valence-electron chi connectivity index (χ0n) is 33.1. The summed E-state index contributed by atoms with van der Waals surface area (Å²) in [5.74, 6) is -1.29. The molecule has 59 heavy (non-hydrogen) atoms. The Kier molecular flexibility index (Phi) is 10.2. The van der Waals surface area contributed by atoms with Crippen LogP contribution in [0.15, 0.2) is 36.3 Å². The number of aromatic nitrogens is 4. The lowest BCUT2D eigenvalue weighted by Gasteiger charge is -2.32. The van der Waals surface area contributed by atoms with Crippen molar-refractivity contribution in [3.8, 4) is 23.2 Å². The second kappa shape index (κ2) is 15.0. The molecule has 1 atom stereocenters. The van der Waals surface area contributed by atoms with E-state index in [0.717, 1.165) is 52.9 Å². The van der Waals surface area contributed by atoms with Gasteiger partial charge in [0.25, 0.3) is 0 Å². The summed E-state index contributed by atoms with van der Waals surface area (Å²) >= 11 is 7.80. The minimum Gasteiger partial charge on any atom is -0.465 e. The number of carbonyl (C=O) groups excluding carboxylic acids is 1. The maximum absolute atomic E-state index is 17.6. The third kappa shape index (κ3) is 6.90. The van der Waals surface area contributed by atoms with E-state index in [-0.39, 0.29) is 72.9 Å². The van der Waals surface area contributed by atoms with Gasteiger partial charge in [-0.3, -0.25) is 9.80 Å². The van der Waals surface area contributed by atoms with E-state index >= 15 is 8.78 Å². The fourth-order valence-electron chi connectivity index (χ4n) is 8.67. The van der Waals surface area contributed by atoms with Crippen LogP contribution in [0, 0.1) is 23.0 Å². The average Bonchev–Trinajstić information content (AvgIpc) is 3.92. The first-order valence-corrected chi connectivity index (χ1v) is 20.3. The number of anilines is 2. The number of aryl methyl sites for hydroxylation is 1. The van der Waals surface area contributed by atoms with Crippen molar-refractivity contribution >= 4 is 66.9 Å². The highest BCUT2D eigenvalue weighted by molar-refractivity contribution is 7.23. The number of benzene rings is 2. The van der Waals surface area contributed by atoms with Gasteiger partial charge >= 0.3 is 18.1 Å². The number of nitriles is 1. The number of carboxylic acid groups (broad SMARTS) is 1. The van der Waals surface area contributed by atoms with Crippen molar-refractivity contribution in [1.29, 1.82) is 5.26 Å². The first-order chi connectivity index (χ1) is 28.0. The molecule has 13 nitrogen and oxygen atoms in total. The van der Waals surface area contributed by atoms with Gasteiger partial charge in [-0.25, -0.2) is 22.8 Å². The molecule has 2 saturated heterocycles. The van der Waals surface area contributed by atoms with Crippen LogP contribution in [0.1, 0.15) is 63.3 Å². The van der Waals surface area contributed by atoms with Gasteiger partial charge in [0.15, 0.2) is 5.82 Å². The van der Waals surface area contributed by atoms with Crippen molar-refractivity contribution in [2.75, 3.05) is 50.1 Å². The van der Waals surface area contributed by atoms with E-state index in [1.807, 2.05) is 4.90 Å². The molecule has 3 aliphatic heterocycles. The third-order valence-electron chi connectivity index (χ3n) is 11.3. The van der Waals surface area contributed by atoms with Crippen molar-refractivity contribution in [2.45, 2.75) is 70.5 Å². The molecule has 0 saturated carbocycles. The molecule has 0 bridgehead atoms. The summed E-state index contributed by atoms with van der Waals surface area (Å²) in [6.45, 7) is 7.07. The molecule has 3 aromatic heterocycles. The van der Waals surface area contributed by atoms with Crippen LogP contribution in [0.5, 0.6) is 6.01 Å². The summed E-state index contributed by atoms with van der Waals surface area (Å²) in [4.78, 5) is 41.4. The largest absolute Gasteiger partial charge is 0.465 e. The monoisotopic (exact) mass is 847 g/mol. The number of hydrogen-bond acceptors (Lipinski definition) is 10.